The number of H-pyrrole nitrogens is 1. The number of fused-ring (bicyclic) bond motifs is 1. The smallest absolute Gasteiger partial charge is 0.239 e. The van der Waals surface area contributed by atoms with Crippen LogP contribution in [0, 0.1) is 5.82 Å². The summed E-state index contributed by atoms with van der Waals surface area (Å²) in [5, 5.41) is 10.4. The van der Waals surface area contributed by atoms with Crippen molar-refractivity contribution < 1.29 is 9.18 Å². The maximum atomic E-state index is 14.3. The highest BCUT2D eigenvalue weighted by atomic mass is 19.1. The Morgan fingerprint density at radius 2 is 2.13 bits per heavy atom. The highest BCUT2D eigenvalue weighted by Gasteiger charge is 2.21. The molecule has 1 aliphatic rings. The lowest BCUT2D eigenvalue weighted by atomic mass is 10.2. The molecule has 1 aliphatic heterocycles. The molecular formula is C15H13FN6O. The standard InChI is InChI=1S/C15H13FN6O/c16-10-3-4-11(22-7-6-17-12(23)8-22)19-14(10)13-9-2-1-5-18-15(9)21-20-13/h1-5H,6-8H2,(H,17,23)(H,18,20,21). The SMILES string of the molecule is O=C1CN(c2ccc(F)c(-c3n[nH]c4ncccc34)n2)CCN1. The van der Waals surface area contributed by atoms with Crippen LogP contribution in [0.5, 0.6) is 0 Å². The Morgan fingerprint density at radius 3 is 3.00 bits per heavy atom. The number of aromatic nitrogens is 4. The summed E-state index contributed by atoms with van der Waals surface area (Å²) in [5.41, 5.74) is 1.13. The first-order valence-corrected chi connectivity index (χ1v) is 7.20. The molecule has 23 heavy (non-hydrogen) atoms. The second-order valence-electron chi connectivity index (χ2n) is 5.24. The van der Waals surface area contributed by atoms with Crippen LogP contribution in [0.3, 0.4) is 0 Å². The Morgan fingerprint density at radius 1 is 1.22 bits per heavy atom. The monoisotopic (exact) mass is 312 g/mol. The fourth-order valence-corrected chi connectivity index (χ4v) is 2.64. The van der Waals surface area contributed by atoms with E-state index in [0.717, 1.165) is 0 Å². The first kappa shape index (κ1) is 13.6. The minimum absolute atomic E-state index is 0.0710. The zero-order chi connectivity index (χ0) is 15.8. The minimum Gasteiger partial charge on any atom is -0.353 e. The van der Waals surface area contributed by atoms with Crippen LogP contribution < -0.4 is 10.2 Å². The van der Waals surface area contributed by atoms with Crippen molar-refractivity contribution in [3.63, 3.8) is 0 Å². The Hall–Kier alpha value is -3.03. The summed E-state index contributed by atoms with van der Waals surface area (Å²) in [5.74, 6) is 0.0158. The van der Waals surface area contributed by atoms with Gasteiger partial charge >= 0.3 is 0 Å². The molecule has 1 fully saturated rings. The Kier molecular flexibility index (Phi) is 3.14. The zero-order valence-corrected chi connectivity index (χ0v) is 12.1. The molecule has 4 heterocycles. The van der Waals surface area contributed by atoms with Crippen molar-refractivity contribution >= 4 is 22.8 Å². The van der Waals surface area contributed by atoms with Gasteiger partial charge < -0.3 is 10.2 Å². The van der Waals surface area contributed by atoms with E-state index < -0.39 is 5.82 Å². The maximum Gasteiger partial charge on any atom is 0.239 e. The molecule has 3 aromatic rings. The molecule has 4 rings (SSSR count). The molecule has 0 aromatic carbocycles. The lowest BCUT2D eigenvalue weighted by Gasteiger charge is -2.27. The molecule has 7 nitrogen and oxygen atoms in total. The van der Waals surface area contributed by atoms with Crippen LogP contribution >= 0.6 is 0 Å². The second-order valence-corrected chi connectivity index (χ2v) is 5.24. The Labute approximate surface area is 130 Å². The average molecular weight is 312 g/mol. The van der Waals surface area contributed by atoms with Crippen molar-refractivity contribution in [2.75, 3.05) is 24.5 Å². The molecule has 0 radical (unpaired) electrons. The molecule has 0 atom stereocenters. The largest absolute Gasteiger partial charge is 0.353 e. The number of aromatic amines is 1. The summed E-state index contributed by atoms with van der Waals surface area (Å²) < 4.78 is 14.3. The summed E-state index contributed by atoms with van der Waals surface area (Å²) in [7, 11) is 0. The number of carbonyl (C=O) groups excluding carboxylic acids is 1. The van der Waals surface area contributed by atoms with E-state index in [1.165, 1.54) is 6.07 Å². The highest BCUT2D eigenvalue weighted by molar-refractivity contribution is 5.90. The molecule has 0 bridgehead atoms. The zero-order valence-electron chi connectivity index (χ0n) is 12.1. The molecule has 8 heteroatoms. The van der Waals surface area contributed by atoms with Crippen molar-refractivity contribution in [3.05, 3.63) is 36.3 Å². The number of halogens is 1. The number of amides is 1. The number of hydrogen-bond acceptors (Lipinski definition) is 5. The van der Waals surface area contributed by atoms with E-state index in [0.29, 0.717) is 35.6 Å². The molecule has 116 valence electrons. The van der Waals surface area contributed by atoms with E-state index in [1.807, 2.05) is 11.0 Å². The van der Waals surface area contributed by atoms with Crippen molar-refractivity contribution in [2.45, 2.75) is 0 Å². The van der Waals surface area contributed by atoms with Crippen LogP contribution in [0.25, 0.3) is 22.4 Å². The van der Waals surface area contributed by atoms with Crippen molar-refractivity contribution in [1.29, 1.82) is 0 Å². The molecule has 0 spiro atoms. The normalized spacial score (nSPS) is 15.0. The van der Waals surface area contributed by atoms with Gasteiger partial charge in [-0.2, -0.15) is 5.10 Å². The number of rotatable bonds is 2. The van der Waals surface area contributed by atoms with E-state index in [-0.39, 0.29) is 18.1 Å². The van der Waals surface area contributed by atoms with Gasteiger partial charge in [-0.1, -0.05) is 0 Å². The maximum absolute atomic E-state index is 14.3. The second kappa shape index (κ2) is 5.31. The third kappa shape index (κ3) is 2.37. The molecule has 0 saturated carbocycles. The van der Waals surface area contributed by atoms with Gasteiger partial charge in [-0.25, -0.2) is 14.4 Å². The van der Waals surface area contributed by atoms with Crippen LogP contribution in [-0.4, -0.2) is 45.7 Å². The lowest BCUT2D eigenvalue weighted by Crippen LogP contribution is -2.48. The predicted molar refractivity (Wildman–Crippen MR) is 82.3 cm³/mol. The van der Waals surface area contributed by atoms with Crippen LogP contribution in [0.1, 0.15) is 0 Å². The van der Waals surface area contributed by atoms with E-state index in [9.17, 15) is 9.18 Å². The molecule has 3 aromatic heterocycles. The fraction of sp³-hybridized carbons (Fsp3) is 0.200. The predicted octanol–water partition coefficient (Wildman–Crippen LogP) is 1.10. The van der Waals surface area contributed by atoms with Crippen LogP contribution in [0.2, 0.25) is 0 Å². The Balaban J connectivity index is 1.79. The van der Waals surface area contributed by atoms with Gasteiger partial charge in [0.25, 0.3) is 0 Å². The number of hydrogen-bond donors (Lipinski definition) is 2. The number of anilines is 1. The quantitative estimate of drug-likeness (QED) is 0.740. The van der Waals surface area contributed by atoms with E-state index in [2.05, 4.69) is 25.5 Å². The molecule has 0 unspecified atom stereocenters. The van der Waals surface area contributed by atoms with Gasteiger partial charge in [0.05, 0.1) is 6.54 Å². The topological polar surface area (TPSA) is 86.8 Å². The molecule has 2 N–H and O–H groups in total. The van der Waals surface area contributed by atoms with Crippen LogP contribution in [0.15, 0.2) is 30.5 Å². The van der Waals surface area contributed by atoms with Gasteiger partial charge in [0.2, 0.25) is 5.91 Å². The average Bonchev–Trinajstić information content (AvgIpc) is 2.99. The summed E-state index contributed by atoms with van der Waals surface area (Å²) in [6.07, 6.45) is 1.64. The van der Waals surface area contributed by atoms with Gasteiger partial charge in [-0.3, -0.25) is 9.89 Å². The first-order valence-electron chi connectivity index (χ1n) is 7.20. The van der Waals surface area contributed by atoms with E-state index in [4.69, 9.17) is 0 Å². The molecule has 0 aliphatic carbocycles. The molecule has 1 saturated heterocycles. The third-order valence-corrected chi connectivity index (χ3v) is 3.75. The van der Waals surface area contributed by atoms with Crippen molar-refractivity contribution in [3.8, 4) is 11.4 Å². The van der Waals surface area contributed by atoms with Crippen LogP contribution in [0.4, 0.5) is 10.2 Å². The Bertz CT molecular complexity index is 893. The van der Waals surface area contributed by atoms with E-state index in [1.54, 1.807) is 18.3 Å². The van der Waals surface area contributed by atoms with Gasteiger partial charge in [-0.15, -0.1) is 0 Å². The minimum atomic E-state index is -0.465. The summed E-state index contributed by atoms with van der Waals surface area (Å²) in [4.78, 5) is 21.9. The van der Waals surface area contributed by atoms with Gasteiger partial charge in [-0.05, 0) is 24.3 Å². The molecular weight excluding hydrogens is 299 g/mol. The molecule has 1 amide bonds. The van der Waals surface area contributed by atoms with Crippen molar-refractivity contribution in [1.82, 2.24) is 25.5 Å². The number of pyridine rings is 2. The first-order chi connectivity index (χ1) is 11.2. The van der Waals surface area contributed by atoms with Gasteiger partial charge in [0.15, 0.2) is 11.5 Å². The van der Waals surface area contributed by atoms with Gasteiger partial charge in [0, 0.05) is 24.7 Å². The third-order valence-electron chi connectivity index (χ3n) is 3.75. The van der Waals surface area contributed by atoms with E-state index >= 15 is 0 Å². The summed E-state index contributed by atoms with van der Waals surface area (Å²) in [6, 6.07) is 6.49. The number of piperazine rings is 1. The van der Waals surface area contributed by atoms with Gasteiger partial charge in [0.1, 0.15) is 17.2 Å². The van der Waals surface area contributed by atoms with Crippen molar-refractivity contribution in [2.24, 2.45) is 0 Å². The fourth-order valence-electron chi connectivity index (χ4n) is 2.64. The lowest BCUT2D eigenvalue weighted by molar-refractivity contribution is -0.120. The van der Waals surface area contributed by atoms with Crippen LogP contribution in [-0.2, 0) is 4.79 Å². The number of nitrogens with zero attached hydrogens (tertiary/aromatic N) is 4. The number of carbonyl (C=O) groups is 1. The number of nitrogens with one attached hydrogen (secondary N) is 2. The summed E-state index contributed by atoms with van der Waals surface area (Å²) >= 11 is 0. The summed E-state index contributed by atoms with van der Waals surface area (Å²) in [6.45, 7) is 1.39. The highest BCUT2D eigenvalue weighted by Crippen LogP contribution is 2.27.